The van der Waals surface area contributed by atoms with Crippen molar-refractivity contribution in [3.05, 3.63) is 277 Å². The Balaban J connectivity index is 0.894. The summed E-state index contributed by atoms with van der Waals surface area (Å²) in [7, 11) is 0. The van der Waals surface area contributed by atoms with Crippen molar-refractivity contribution >= 4 is 64.6 Å². The second kappa shape index (κ2) is 18.2. The van der Waals surface area contributed by atoms with Crippen molar-refractivity contribution in [1.82, 2.24) is 0 Å². The third kappa shape index (κ3) is 8.02. The summed E-state index contributed by atoms with van der Waals surface area (Å²) in [4.78, 5) is 0. The lowest BCUT2D eigenvalue weighted by molar-refractivity contribution is 1.38. The monoisotopic (exact) mass is 966 g/mol. The first-order valence-corrected chi connectivity index (χ1v) is 26.6. The van der Waals surface area contributed by atoms with Crippen LogP contribution in [0.25, 0.3) is 143 Å². The largest absolute Gasteiger partial charge is 0.0616 e. The van der Waals surface area contributed by atoms with E-state index >= 15 is 0 Å². The minimum Gasteiger partial charge on any atom is -0.0616 e. The van der Waals surface area contributed by atoms with Crippen LogP contribution < -0.4 is 0 Å². The van der Waals surface area contributed by atoms with Gasteiger partial charge >= 0.3 is 0 Å². The van der Waals surface area contributed by atoms with Crippen LogP contribution in [0.15, 0.2) is 255 Å². The summed E-state index contributed by atoms with van der Waals surface area (Å²) in [6, 6.07) is 95.9. The molecule has 0 atom stereocenters. The summed E-state index contributed by atoms with van der Waals surface area (Å²) in [6.07, 6.45) is 0. The van der Waals surface area contributed by atoms with E-state index < -0.39 is 0 Å². The molecule has 0 amide bonds. The first-order chi connectivity index (χ1) is 37.2. The summed E-state index contributed by atoms with van der Waals surface area (Å²) in [5.74, 6) is 0. The molecule has 0 saturated carbocycles. The molecular weight excluding hydrogens is 913 g/mol. The van der Waals surface area contributed by atoms with E-state index in [9.17, 15) is 0 Å². The number of aryl methyl sites for hydroxylation is 4. The van der Waals surface area contributed by atoms with Gasteiger partial charge < -0.3 is 0 Å². The maximum absolute atomic E-state index is 2.42. The van der Waals surface area contributed by atoms with Crippen molar-refractivity contribution in [3.8, 4) is 77.9 Å². The number of hydrogen-bond donors (Lipinski definition) is 0. The molecule has 358 valence electrons. The van der Waals surface area contributed by atoms with E-state index in [4.69, 9.17) is 0 Å². The van der Waals surface area contributed by atoms with E-state index in [0.717, 1.165) is 0 Å². The van der Waals surface area contributed by atoms with Gasteiger partial charge in [-0.15, -0.1) is 0 Å². The predicted octanol–water partition coefficient (Wildman–Crippen LogP) is 21.5. The molecule has 0 aliphatic rings. The Morgan fingerprint density at radius 3 is 0.618 bits per heavy atom. The molecule has 0 saturated heterocycles. The Bertz CT molecular complexity index is 4270. The van der Waals surface area contributed by atoms with E-state index in [0.29, 0.717) is 0 Å². The molecule has 0 spiro atoms. The van der Waals surface area contributed by atoms with Gasteiger partial charge in [-0.2, -0.15) is 0 Å². The Morgan fingerprint density at radius 2 is 0.329 bits per heavy atom. The average molecular weight is 967 g/mol. The molecule has 0 aliphatic heterocycles. The molecule has 0 fully saturated rings. The van der Waals surface area contributed by atoms with E-state index in [1.54, 1.807) is 0 Å². The molecule has 0 unspecified atom stereocenters. The Labute approximate surface area is 444 Å². The zero-order chi connectivity index (χ0) is 51.0. The fraction of sp³-hybridized carbons (Fsp3) is 0.0526. The number of hydrogen-bond acceptors (Lipinski definition) is 0. The maximum Gasteiger partial charge on any atom is -0.00928 e. The van der Waals surface area contributed by atoms with Crippen LogP contribution in [0.4, 0.5) is 0 Å². The van der Waals surface area contributed by atoms with Gasteiger partial charge in [-0.25, -0.2) is 0 Å². The zero-order valence-electron chi connectivity index (χ0n) is 43.2. The summed E-state index contributed by atoms with van der Waals surface area (Å²) in [6.45, 7) is 8.80. The van der Waals surface area contributed by atoms with Gasteiger partial charge in [0.25, 0.3) is 0 Å². The quantitative estimate of drug-likeness (QED) is 0.140. The SMILES string of the molecule is Cc1cc(C)cc(-c2cc(-c3cccc(-c4cccc(-c5cc(-c6cc(C)cc(C)c6)cc(-c6ccc7c8ccccc8c8ccccc8c7c6)c5)c4)c3)cc(-c3ccc4c5ccccc5c5ccccc5c4c3)c2)c1. The van der Waals surface area contributed by atoms with Gasteiger partial charge in [0, 0.05) is 0 Å². The van der Waals surface area contributed by atoms with Crippen LogP contribution in [0.5, 0.6) is 0 Å². The minimum absolute atomic E-state index is 1.18. The lowest BCUT2D eigenvalue weighted by atomic mass is 9.88. The molecule has 0 bridgehead atoms. The van der Waals surface area contributed by atoms with Crippen molar-refractivity contribution in [2.75, 3.05) is 0 Å². The maximum atomic E-state index is 2.42. The van der Waals surface area contributed by atoms with E-state index in [2.05, 4.69) is 282 Å². The second-order valence-corrected chi connectivity index (χ2v) is 21.2. The van der Waals surface area contributed by atoms with Gasteiger partial charge in [-0.3, -0.25) is 0 Å². The molecule has 14 rings (SSSR count). The van der Waals surface area contributed by atoms with Crippen LogP contribution in [-0.2, 0) is 0 Å². The lowest BCUT2D eigenvalue weighted by Crippen LogP contribution is -1.90. The molecule has 0 aliphatic carbocycles. The third-order valence-corrected chi connectivity index (χ3v) is 15.9. The highest BCUT2D eigenvalue weighted by Crippen LogP contribution is 2.43. The standard InChI is InChI=1S/C76H54/c1-47-31-48(2)34-57(33-47)63-41-59(39-61(43-63)55-27-29-73-69-23-7-5-19-65(69)67-21-9-11-25-71(67)75(73)45-55)53-17-13-15-51(37-53)52-16-14-18-54(38-52)60-40-62(44-64(42-60)58-35-49(3)32-50(4)36-58)56-28-30-74-70-24-8-6-20-66(70)68-22-10-12-26-72(68)76(74)46-56/h5-46H,1-4H3. The van der Waals surface area contributed by atoms with Crippen LogP contribution in [-0.4, -0.2) is 0 Å². The Kier molecular flexibility index (Phi) is 10.9. The van der Waals surface area contributed by atoms with Crippen LogP contribution in [0, 0.1) is 27.7 Å². The van der Waals surface area contributed by atoms with Gasteiger partial charge in [-0.1, -0.05) is 216 Å². The highest BCUT2D eigenvalue weighted by atomic mass is 14.2. The van der Waals surface area contributed by atoms with Crippen molar-refractivity contribution in [2.45, 2.75) is 27.7 Å². The van der Waals surface area contributed by atoms with Gasteiger partial charge in [0.1, 0.15) is 0 Å². The van der Waals surface area contributed by atoms with Crippen molar-refractivity contribution in [3.63, 3.8) is 0 Å². The third-order valence-electron chi connectivity index (χ3n) is 15.9. The first kappa shape index (κ1) is 45.3. The molecule has 0 N–H and O–H groups in total. The van der Waals surface area contributed by atoms with Gasteiger partial charge in [0.15, 0.2) is 0 Å². The van der Waals surface area contributed by atoms with Crippen LogP contribution in [0.1, 0.15) is 22.3 Å². The molecule has 0 radical (unpaired) electrons. The molecule has 76 heavy (non-hydrogen) atoms. The molecule has 0 heteroatoms. The molecule has 14 aromatic carbocycles. The Morgan fingerprint density at radius 1 is 0.132 bits per heavy atom. The van der Waals surface area contributed by atoms with Crippen LogP contribution >= 0.6 is 0 Å². The van der Waals surface area contributed by atoms with Gasteiger partial charge in [-0.05, 0) is 231 Å². The fourth-order valence-electron chi connectivity index (χ4n) is 12.5. The average Bonchev–Trinajstić information content (AvgIpc) is 3.55. The lowest BCUT2D eigenvalue weighted by Gasteiger charge is -2.16. The number of fused-ring (bicyclic) bond motifs is 12. The minimum atomic E-state index is 1.18. The molecule has 0 nitrogen and oxygen atoms in total. The van der Waals surface area contributed by atoms with Crippen molar-refractivity contribution in [1.29, 1.82) is 0 Å². The molecule has 0 heterocycles. The molecule has 14 aromatic rings. The summed E-state index contributed by atoms with van der Waals surface area (Å²) < 4.78 is 0. The van der Waals surface area contributed by atoms with E-state index in [1.807, 2.05) is 0 Å². The van der Waals surface area contributed by atoms with E-state index in [-0.39, 0.29) is 0 Å². The highest BCUT2D eigenvalue weighted by Gasteiger charge is 2.16. The van der Waals surface area contributed by atoms with Crippen LogP contribution in [0.2, 0.25) is 0 Å². The topological polar surface area (TPSA) is 0 Å². The van der Waals surface area contributed by atoms with Crippen LogP contribution in [0.3, 0.4) is 0 Å². The van der Waals surface area contributed by atoms with Gasteiger partial charge in [0.05, 0.1) is 0 Å². The molecular formula is C76H54. The van der Waals surface area contributed by atoms with Crippen molar-refractivity contribution < 1.29 is 0 Å². The second-order valence-electron chi connectivity index (χ2n) is 21.2. The van der Waals surface area contributed by atoms with Crippen molar-refractivity contribution in [2.24, 2.45) is 0 Å². The summed E-state index contributed by atoms with van der Waals surface area (Å²) >= 11 is 0. The first-order valence-electron chi connectivity index (χ1n) is 26.6. The Hall–Kier alpha value is -9.36. The predicted molar refractivity (Wildman–Crippen MR) is 328 cm³/mol. The zero-order valence-corrected chi connectivity index (χ0v) is 43.2. The number of benzene rings is 14. The van der Waals surface area contributed by atoms with Gasteiger partial charge in [0.2, 0.25) is 0 Å². The normalized spacial score (nSPS) is 11.7. The summed E-state index contributed by atoms with van der Waals surface area (Å²) in [5, 5.41) is 15.4. The smallest absolute Gasteiger partial charge is 0.00928 e. The van der Waals surface area contributed by atoms with E-state index in [1.165, 1.54) is 165 Å². The summed E-state index contributed by atoms with van der Waals surface area (Å²) in [5.41, 5.74) is 21.9. The fourth-order valence-corrected chi connectivity index (χ4v) is 12.5. The molecule has 0 aromatic heterocycles. The number of rotatable bonds is 7. The highest BCUT2D eigenvalue weighted by molar-refractivity contribution is 6.27.